The molecule has 1 aliphatic rings. The number of fused-ring (bicyclic) bond motifs is 2. The lowest BCUT2D eigenvalue weighted by Gasteiger charge is -2.36. The Bertz CT molecular complexity index is 1570. The van der Waals surface area contributed by atoms with Crippen LogP contribution in [0, 0.1) is 5.92 Å². The van der Waals surface area contributed by atoms with Gasteiger partial charge in [0.25, 0.3) is 15.6 Å². The van der Waals surface area contributed by atoms with Crippen molar-refractivity contribution in [3.8, 4) is 11.5 Å². The van der Waals surface area contributed by atoms with Crippen LogP contribution < -0.4 is 15.3 Å². The fourth-order valence-corrected chi connectivity index (χ4v) is 6.12. The second-order valence-corrected chi connectivity index (χ2v) is 17.7. The smallest absolute Gasteiger partial charge is 0.286 e. The molecule has 2 heterocycles. The molecule has 0 saturated carbocycles. The molecule has 37 heavy (non-hydrogen) atoms. The summed E-state index contributed by atoms with van der Waals surface area (Å²) < 4.78 is 37.8. The average molecular weight is 542 g/mol. The zero-order valence-corrected chi connectivity index (χ0v) is 24.2. The summed E-state index contributed by atoms with van der Waals surface area (Å²) in [6.07, 6.45) is 0.725. The number of rotatable bonds is 6. The first kappa shape index (κ1) is 26.9. The van der Waals surface area contributed by atoms with E-state index in [1.54, 1.807) is 34.9 Å². The number of aryl methyl sites for hydroxylation is 1. The van der Waals surface area contributed by atoms with Gasteiger partial charge in [0, 0.05) is 11.9 Å². The predicted octanol–water partition coefficient (Wildman–Crippen LogP) is 5.70. The summed E-state index contributed by atoms with van der Waals surface area (Å²) in [6, 6.07) is 11.7. The molecule has 0 saturated heterocycles. The van der Waals surface area contributed by atoms with Crippen LogP contribution in [-0.4, -0.2) is 32.2 Å². The average Bonchev–Trinajstić information content (AvgIpc) is 2.78. The number of para-hydroxylation sites is 1. The Labute approximate surface area is 219 Å². The summed E-state index contributed by atoms with van der Waals surface area (Å²) in [7, 11) is -6.24. The van der Waals surface area contributed by atoms with E-state index in [-0.39, 0.29) is 27.1 Å². The van der Waals surface area contributed by atoms with E-state index in [1.807, 2.05) is 6.07 Å². The summed E-state index contributed by atoms with van der Waals surface area (Å²) in [5, 5.41) is 14.7. The molecule has 0 amide bonds. The van der Waals surface area contributed by atoms with Gasteiger partial charge in [-0.15, -0.1) is 4.40 Å². The highest BCUT2D eigenvalue weighted by atomic mass is 32.2. The minimum atomic E-state index is -4.07. The van der Waals surface area contributed by atoms with E-state index in [0.29, 0.717) is 34.8 Å². The number of amidine groups is 1. The fourth-order valence-electron chi connectivity index (χ4n) is 3.98. The Balaban J connectivity index is 1.95. The third kappa shape index (κ3) is 5.04. The van der Waals surface area contributed by atoms with Crippen LogP contribution in [0.2, 0.25) is 18.1 Å². The highest BCUT2D eigenvalue weighted by Gasteiger charge is 2.39. The highest BCUT2D eigenvalue weighted by molar-refractivity contribution is 7.90. The number of aromatic nitrogens is 1. The van der Waals surface area contributed by atoms with Crippen LogP contribution in [0.15, 0.2) is 56.6 Å². The number of benzene rings is 2. The summed E-state index contributed by atoms with van der Waals surface area (Å²) >= 11 is 0. The number of anilines is 1. The molecule has 0 aliphatic carbocycles. The first-order valence-corrected chi connectivity index (χ1v) is 16.8. The lowest BCUT2D eigenvalue weighted by Crippen LogP contribution is -2.43. The van der Waals surface area contributed by atoms with Crippen molar-refractivity contribution in [2.75, 3.05) is 5.32 Å². The van der Waals surface area contributed by atoms with Gasteiger partial charge in [-0.05, 0) is 60.8 Å². The van der Waals surface area contributed by atoms with Crippen LogP contribution in [0.1, 0.15) is 46.6 Å². The molecule has 0 atom stereocenters. The van der Waals surface area contributed by atoms with Crippen molar-refractivity contribution in [2.24, 2.45) is 10.3 Å². The normalized spacial score (nSPS) is 15.3. The Hall–Kier alpha value is -3.11. The fraction of sp³-hybridized carbons (Fsp3) is 0.407. The van der Waals surface area contributed by atoms with Crippen molar-refractivity contribution in [3.63, 3.8) is 0 Å². The number of hydrogen-bond acceptors (Lipinski definition) is 6. The molecule has 4 rings (SSSR count). The van der Waals surface area contributed by atoms with Gasteiger partial charge in [-0.2, -0.15) is 8.42 Å². The van der Waals surface area contributed by atoms with E-state index in [4.69, 9.17) is 4.43 Å². The molecule has 0 radical (unpaired) electrons. The first-order valence-electron chi connectivity index (χ1n) is 12.4. The first-order chi connectivity index (χ1) is 17.1. The van der Waals surface area contributed by atoms with Crippen molar-refractivity contribution >= 4 is 40.8 Å². The lowest BCUT2D eigenvalue weighted by atomic mass is 10.1. The van der Waals surface area contributed by atoms with Gasteiger partial charge in [0.1, 0.15) is 22.0 Å². The zero-order chi connectivity index (χ0) is 27.3. The van der Waals surface area contributed by atoms with Gasteiger partial charge in [0.2, 0.25) is 8.32 Å². The van der Waals surface area contributed by atoms with Crippen LogP contribution in [0.4, 0.5) is 5.69 Å². The molecular formula is C27H35N3O5SSi. The Morgan fingerprint density at radius 1 is 1.14 bits per heavy atom. The molecule has 0 fully saturated rings. The minimum absolute atomic E-state index is 0.0178. The largest absolute Gasteiger partial charge is 0.543 e. The second kappa shape index (κ2) is 9.32. The maximum atomic E-state index is 13.7. The van der Waals surface area contributed by atoms with Gasteiger partial charge in [-0.25, -0.2) is 0 Å². The molecule has 1 aliphatic heterocycles. The molecule has 0 unspecified atom stereocenters. The van der Waals surface area contributed by atoms with Crippen LogP contribution in [0.25, 0.3) is 10.9 Å². The summed E-state index contributed by atoms with van der Waals surface area (Å²) in [4.78, 5) is 13.8. The molecule has 3 aromatic rings. The van der Waals surface area contributed by atoms with Crippen LogP contribution in [0.5, 0.6) is 11.5 Å². The molecule has 2 N–H and O–H groups in total. The number of pyridine rings is 1. The van der Waals surface area contributed by atoms with Gasteiger partial charge in [-0.3, -0.25) is 4.79 Å². The van der Waals surface area contributed by atoms with Crippen molar-refractivity contribution < 1.29 is 18.0 Å². The van der Waals surface area contributed by atoms with Crippen molar-refractivity contribution in [1.29, 1.82) is 0 Å². The molecule has 0 spiro atoms. The van der Waals surface area contributed by atoms with E-state index < -0.39 is 23.9 Å². The SMILES string of the molecule is CC(C)CCn1c(=O)c(C2=NS(=O)(=O)c3ccccc3N2)c(O)c2cc(O[Si](C)(C)C(C)(C)C)ccc21. The quantitative estimate of drug-likeness (QED) is 0.388. The van der Waals surface area contributed by atoms with E-state index >= 15 is 0 Å². The number of hydrogen-bond donors (Lipinski definition) is 2. The maximum absolute atomic E-state index is 13.7. The predicted molar refractivity (Wildman–Crippen MR) is 151 cm³/mol. The zero-order valence-electron chi connectivity index (χ0n) is 22.4. The maximum Gasteiger partial charge on any atom is 0.286 e. The van der Waals surface area contributed by atoms with Gasteiger partial charge in [0.15, 0.2) is 5.84 Å². The van der Waals surface area contributed by atoms with Crippen molar-refractivity contribution in [3.05, 3.63) is 58.4 Å². The van der Waals surface area contributed by atoms with Gasteiger partial charge < -0.3 is 19.4 Å². The molecule has 1 aromatic heterocycles. The Morgan fingerprint density at radius 3 is 2.46 bits per heavy atom. The molecule has 8 nitrogen and oxygen atoms in total. The molecule has 2 aromatic carbocycles. The number of aromatic hydroxyl groups is 1. The van der Waals surface area contributed by atoms with E-state index in [0.717, 1.165) is 6.42 Å². The third-order valence-electron chi connectivity index (χ3n) is 7.19. The van der Waals surface area contributed by atoms with Crippen LogP contribution in [-0.2, 0) is 16.6 Å². The number of nitrogens with one attached hydrogen (secondary N) is 1. The molecule has 10 heteroatoms. The summed E-state index contributed by atoms with van der Waals surface area (Å²) in [5.74, 6) is 0.392. The molecule has 198 valence electrons. The molecule has 0 bridgehead atoms. The monoisotopic (exact) mass is 541 g/mol. The van der Waals surface area contributed by atoms with E-state index in [1.165, 1.54) is 6.07 Å². The topological polar surface area (TPSA) is 110 Å². The van der Waals surface area contributed by atoms with Gasteiger partial charge in [-0.1, -0.05) is 46.8 Å². The number of nitrogens with zero attached hydrogens (tertiary/aromatic N) is 2. The minimum Gasteiger partial charge on any atom is -0.543 e. The standard InChI is InChI=1S/C27H35N3O5SSi/c1-17(2)14-15-30-21-13-12-18(35-37(6,7)27(3,4)5)16-19(21)24(31)23(26(30)32)25-28-20-10-8-9-11-22(20)36(33,34)29-25/h8-13,16-17,31H,14-15H2,1-7H3,(H,28,29). The van der Waals surface area contributed by atoms with E-state index in [9.17, 15) is 18.3 Å². The lowest BCUT2D eigenvalue weighted by molar-refractivity contribution is 0.472. The third-order valence-corrected chi connectivity index (χ3v) is 12.9. The Morgan fingerprint density at radius 2 is 1.81 bits per heavy atom. The van der Waals surface area contributed by atoms with Crippen molar-refractivity contribution in [1.82, 2.24) is 4.57 Å². The van der Waals surface area contributed by atoms with Crippen molar-refractivity contribution in [2.45, 2.75) is 70.6 Å². The summed E-state index contributed by atoms with van der Waals surface area (Å²) in [6.45, 7) is 15.2. The summed E-state index contributed by atoms with van der Waals surface area (Å²) in [5.41, 5.74) is 0.160. The van der Waals surface area contributed by atoms with Crippen LogP contribution in [0.3, 0.4) is 0 Å². The van der Waals surface area contributed by atoms with E-state index in [2.05, 4.69) is 57.4 Å². The van der Waals surface area contributed by atoms with Gasteiger partial charge >= 0.3 is 0 Å². The second-order valence-electron chi connectivity index (χ2n) is 11.4. The number of sulfonamides is 1. The van der Waals surface area contributed by atoms with Gasteiger partial charge in [0.05, 0.1) is 11.2 Å². The molecular weight excluding hydrogens is 506 g/mol. The Kier molecular flexibility index (Phi) is 6.79. The van der Waals surface area contributed by atoms with Crippen LogP contribution >= 0.6 is 0 Å². The highest BCUT2D eigenvalue weighted by Crippen LogP contribution is 2.39.